The third kappa shape index (κ3) is 4.88. The highest BCUT2D eigenvalue weighted by molar-refractivity contribution is 5.85. The quantitative estimate of drug-likeness (QED) is 0.891. The molecule has 1 aromatic rings. The Balaban J connectivity index is 0.00000208. The Morgan fingerprint density at radius 1 is 1.12 bits per heavy atom. The number of rotatable bonds is 4. The third-order valence-corrected chi connectivity index (χ3v) is 5.34. The summed E-state index contributed by atoms with van der Waals surface area (Å²) in [6.45, 7) is 9.46. The topological polar surface area (TPSA) is 18.5 Å². The molecule has 2 fully saturated rings. The van der Waals surface area contributed by atoms with E-state index in [-0.39, 0.29) is 18.4 Å². The minimum absolute atomic E-state index is 0. The van der Waals surface area contributed by atoms with Crippen molar-refractivity contribution in [2.24, 2.45) is 5.92 Å². The molecule has 2 aliphatic rings. The number of halogens is 3. The highest BCUT2D eigenvalue weighted by Crippen LogP contribution is 2.25. The summed E-state index contributed by atoms with van der Waals surface area (Å²) in [4.78, 5) is 4.84. The number of hydrogen-bond donors (Lipinski definition) is 1. The molecule has 3 rings (SSSR count). The zero-order chi connectivity index (χ0) is 16.2. The number of nitrogens with zero attached hydrogens (tertiary/aromatic N) is 2. The second kappa shape index (κ2) is 9.09. The monoisotopic (exact) mass is 359 g/mol. The summed E-state index contributed by atoms with van der Waals surface area (Å²) in [7, 11) is 0. The van der Waals surface area contributed by atoms with Gasteiger partial charge in [0.1, 0.15) is 11.6 Å². The fraction of sp³-hybridized carbons (Fsp3) is 0.667. The zero-order valence-corrected chi connectivity index (χ0v) is 15.1. The molecule has 0 aliphatic carbocycles. The van der Waals surface area contributed by atoms with Gasteiger partial charge in [-0.15, -0.1) is 12.4 Å². The van der Waals surface area contributed by atoms with Crippen LogP contribution in [-0.4, -0.2) is 55.6 Å². The van der Waals surface area contributed by atoms with Gasteiger partial charge in [-0.05, 0) is 44.8 Å². The summed E-state index contributed by atoms with van der Waals surface area (Å²) < 4.78 is 27.0. The maximum atomic E-state index is 14.0. The lowest BCUT2D eigenvalue weighted by molar-refractivity contribution is 0.0857. The maximum absolute atomic E-state index is 14.0. The van der Waals surface area contributed by atoms with E-state index in [4.69, 9.17) is 0 Å². The average molecular weight is 360 g/mol. The van der Waals surface area contributed by atoms with Crippen molar-refractivity contribution in [1.29, 1.82) is 0 Å². The van der Waals surface area contributed by atoms with E-state index in [2.05, 4.69) is 15.1 Å². The summed E-state index contributed by atoms with van der Waals surface area (Å²) >= 11 is 0. The molecule has 3 nitrogen and oxygen atoms in total. The van der Waals surface area contributed by atoms with Crippen LogP contribution in [0, 0.1) is 17.6 Å². The lowest BCUT2D eigenvalue weighted by Gasteiger charge is -2.40. The van der Waals surface area contributed by atoms with Gasteiger partial charge in [0, 0.05) is 50.4 Å². The standard InChI is InChI=1S/C18H27F2N3.ClH/c1-14(17-3-2-16(19)12-18(17)20)23-10-8-22(9-11-23)13-15-4-6-21-7-5-15;/h2-3,12,14-15,21H,4-11,13H2,1H3;1H. The van der Waals surface area contributed by atoms with Crippen molar-refractivity contribution in [2.45, 2.75) is 25.8 Å². The van der Waals surface area contributed by atoms with Crippen LogP contribution < -0.4 is 5.32 Å². The van der Waals surface area contributed by atoms with Gasteiger partial charge in [-0.1, -0.05) is 6.07 Å². The van der Waals surface area contributed by atoms with Crippen LogP contribution in [0.2, 0.25) is 0 Å². The Kier molecular flexibility index (Phi) is 7.41. The molecule has 0 aromatic heterocycles. The molecule has 136 valence electrons. The molecule has 2 aliphatic heterocycles. The molecule has 1 atom stereocenters. The van der Waals surface area contributed by atoms with E-state index in [1.54, 1.807) is 6.07 Å². The Labute approximate surface area is 149 Å². The minimum atomic E-state index is -0.509. The first-order valence-corrected chi connectivity index (χ1v) is 8.75. The largest absolute Gasteiger partial charge is 0.317 e. The first-order chi connectivity index (χ1) is 11.1. The van der Waals surface area contributed by atoms with Crippen LogP contribution in [-0.2, 0) is 0 Å². The molecule has 24 heavy (non-hydrogen) atoms. The first kappa shape index (κ1) is 19.6. The van der Waals surface area contributed by atoms with E-state index in [0.29, 0.717) is 5.56 Å². The minimum Gasteiger partial charge on any atom is -0.317 e. The van der Waals surface area contributed by atoms with Crippen molar-refractivity contribution in [3.05, 3.63) is 35.4 Å². The maximum Gasteiger partial charge on any atom is 0.130 e. The predicted octanol–water partition coefficient (Wildman–Crippen LogP) is 3.06. The first-order valence-electron chi connectivity index (χ1n) is 8.75. The normalized spacial score (nSPS) is 22.1. The zero-order valence-electron chi connectivity index (χ0n) is 14.3. The molecule has 0 amide bonds. The van der Waals surface area contributed by atoms with Crippen LogP contribution in [0.1, 0.15) is 31.4 Å². The van der Waals surface area contributed by atoms with E-state index in [1.165, 1.54) is 25.5 Å². The number of nitrogens with one attached hydrogen (secondary N) is 1. The molecular weight excluding hydrogens is 332 g/mol. The lowest BCUT2D eigenvalue weighted by atomic mass is 9.97. The van der Waals surface area contributed by atoms with Gasteiger partial charge in [0.05, 0.1) is 0 Å². The average Bonchev–Trinajstić information content (AvgIpc) is 2.56. The molecule has 1 aromatic carbocycles. The summed E-state index contributed by atoms with van der Waals surface area (Å²) in [5.41, 5.74) is 0.596. The van der Waals surface area contributed by atoms with Crippen molar-refractivity contribution >= 4 is 12.4 Å². The van der Waals surface area contributed by atoms with Crippen molar-refractivity contribution < 1.29 is 8.78 Å². The van der Waals surface area contributed by atoms with Crippen LogP contribution >= 0.6 is 12.4 Å². The molecule has 1 unspecified atom stereocenters. The van der Waals surface area contributed by atoms with Gasteiger partial charge in [0.2, 0.25) is 0 Å². The van der Waals surface area contributed by atoms with Gasteiger partial charge in [0.15, 0.2) is 0 Å². The molecule has 6 heteroatoms. The van der Waals surface area contributed by atoms with Crippen LogP contribution in [0.4, 0.5) is 8.78 Å². The summed E-state index contributed by atoms with van der Waals surface area (Å²) in [5, 5.41) is 3.41. The second-order valence-electron chi connectivity index (χ2n) is 6.87. The molecule has 0 spiro atoms. The van der Waals surface area contributed by atoms with E-state index < -0.39 is 11.6 Å². The van der Waals surface area contributed by atoms with Crippen molar-refractivity contribution in [3.63, 3.8) is 0 Å². The number of piperazine rings is 1. The van der Waals surface area contributed by atoms with Gasteiger partial charge in [-0.2, -0.15) is 0 Å². The molecular formula is C18H28ClF2N3. The number of hydrogen-bond acceptors (Lipinski definition) is 3. The molecule has 2 heterocycles. The Morgan fingerprint density at radius 2 is 1.79 bits per heavy atom. The van der Waals surface area contributed by atoms with Gasteiger partial charge in [0.25, 0.3) is 0 Å². The van der Waals surface area contributed by atoms with Gasteiger partial charge >= 0.3 is 0 Å². The Morgan fingerprint density at radius 3 is 2.42 bits per heavy atom. The van der Waals surface area contributed by atoms with Crippen LogP contribution in [0.3, 0.4) is 0 Å². The highest BCUT2D eigenvalue weighted by Gasteiger charge is 2.25. The highest BCUT2D eigenvalue weighted by atomic mass is 35.5. The van der Waals surface area contributed by atoms with E-state index in [0.717, 1.165) is 51.3 Å². The molecule has 2 saturated heterocycles. The van der Waals surface area contributed by atoms with Gasteiger partial charge < -0.3 is 10.2 Å². The molecule has 0 bridgehead atoms. The van der Waals surface area contributed by atoms with E-state index in [1.807, 2.05) is 6.92 Å². The fourth-order valence-corrected chi connectivity index (χ4v) is 3.80. The number of benzene rings is 1. The SMILES string of the molecule is CC(c1ccc(F)cc1F)N1CCN(CC2CCNCC2)CC1.Cl. The van der Waals surface area contributed by atoms with E-state index >= 15 is 0 Å². The van der Waals surface area contributed by atoms with Crippen molar-refractivity contribution in [2.75, 3.05) is 45.8 Å². The van der Waals surface area contributed by atoms with E-state index in [9.17, 15) is 8.78 Å². The third-order valence-electron chi connectivity index (χ3n) is 5.34. The molecule has 0 saturated carbocycles. The molecule has 1 N–H and O–H groups in total. The lowest BCUT2D eigenvalue weighted by Crippen LogP contribution is -2.49. The van der Waals surface area contributed by atoms with Crippen LogP contribution in [0.5, 0.6) is 0 Å². The van der Waals surface area contributed by atoms with Crippen LogP contribution in [0.15, 0.2) is 18.2 Å². The Bertz CT molecular complexity index is 515. The summed E-state index contributed by atoms with van der Waals surface area (Å²) in [6, 6.07) is 3.91. The summed E-state index contributed by atoms with van der Waals surface area (Å²) in [6.07, 6.45) is 2.55. The number of piperidine rings is 1. The van der Waals surface area contributed by atoms with Crippen molar-refractivity contribution in [3.8, 4) is 0 Å². The predicted molar refractivity (Wildman–Crippen MR) is 95.6 cm³/mol. The van der Waals surface area contributed by atoms with Crippen molar-refractivity contribution in [1.82, 2.24) is 15.1 Å². The second-order valence-corrected chi connectivity index (χ2v) is 6.87. The molecule has 0 radical (unpaired) electrons. The fourth-order valence-electron chi connectivity index (χ4n) is 3.80. The van der Waals surface area contributed by atoms with Gasteiger partial charge in [-0.25, -0.2) is 8.78 Å². The summed E-state index contributed by atoms with van der Waals surface area (Å²) in [5.74, 6) is -0.130. The Hall–Kier alpha value is -0.750. The van der Waals surface area contributed by atoms with Crippen LogP contribution in [0.25, 0.3) is 0 Å². The smallest absolute Gasteiger partial charge is 0.130 e. The van der Waals surface area contributed by atoms with Gasteiger partial charge in [-0.3, -0.25) is 4.90 Å².